The number of rotatable bonds is 3. The van der Waals surface area contributed by atoms with Crippen LogP contribution in [0.15, 0.2) is 36.8 Å². The first kappa shape index (κ1) is 13.6. The predicted molar refractivity (Wildman–Crippen MR) is 63.8 cm³/mol. The molecule has 0 saturated heterocycles. The van der Waals surface area contributed by atoms with Crippen molar-refractivity contribution in [3.8, 4) is 0 Å². The van der Waals surface area contributed by atoms with Gasteiger partial charge in [-0.1, -0.05) is 18.2 Å². The molecule has 7 heteroatoms. The van der Waals surface area contributed by atoms with Crippen LogP contribution in [0, 0.1) is 0 Å². The van der Waals surface area contributed by atoms with Crippen molar-refractivity contribution in [2.45, 2.75) is 12.2 Å². The summed E-state index contributed by atoms with van der Waals surface area (Å²) in [7, 11) is 1.74. The highest BCUT2D eigenvalue weighted by Crippen LogP contribution is 2.35. The summed E-state index contributed by atoms with van der Waals surface area (Å²) in [5.41, 5.74) is 2.15. The Morgan fingerprint density at radius 2 is 2.00 bits per heavy atom. The van der Waals surface area contributed by atoms with Crippen molar-refractivity contribution < 1.29 is 13.2 Å². The zero-order valence-corrected chi connectivity index (χ0v) is 10.1. The molecule has 0 aliphatic carbocycles. The minimum atomic E-state index is -4.43. The van der Waals surface area contributed by atoms with Gasteiger partial charge in [-0.25, -0.2) is 10.4 Å². The normalized spacial score (nSPS) is 13.5. The Kier molecular flexibility index (Phi) is 3.59. The van der Waals surface area contributed by atoms with Crippen LogP contribution in [0.3, 0.4) is 0 Å². The third kappa shape index (κ3) is 2.77. The molecule has 0 radical (unpaired) electrons. The monoisotopic (exact) mass is 270 g/mol. The third-order valence-corrected chi connectivity index (χ3v) is 2.76. The first-order chi connectivity index (χ1) is 8.93. The van der Waals surface area contributed by atoms with Crippen molar-refractivity contribution in [1.82, 2.24) is 15.0 Å². The standard InChI is InChI=1S/C12H13F3N4/c1-19-6-10(17-7-19)11(18-16)8-4-2-3-5-9(8)12(13,14)15/h2-7,11,18H,16H2,1H3. The number of halogens is 3. The molecule has 1 unspecified atom stereocenters. The van der Waals surface area contributed by atoms with Crippen molar-refractivity contribution in [3.63, 3.8) is 0 Å². The van der Waals surface area contributed by atoms with E-state index in [1.807, 2.05) is 0 Å². The molecule has 2 aromatic rings. The van der Waals surface area contributed by atoms with Gasteiger partial charge in [0.2, 0.25) is 0 Å². The van der Waals surface area contributed by atoms with Gasteiger partial charge in [-0.15, -0.1) is 0 Å². The Morgan fingerprint density at radius 1 is 1.32 bits per heavy atom. The van der Waals surface area contributed by atoms with E-state index in [1.165, 1.54) is 24.5 Å². The zero-order valence-electron chi connectivity index (χ0n) is 10.1. The molecule has 0 aliphatic rings. The smallest absolute Gasteiger partial charge is 0.340 e. The van der Waals surface area contributed by atoms with Crippen LogP contribution in [0.1, 0.15) is 22.9 Å². The molecular weight excluding hydrogens is 257 g/mol. The van der Waals surface area contributed by atoms with Crippen LogP contribution < -0.4 is 11.3 Å². The highest BCUT2D eigenvalue weighted by Gasteiger charge is 2.35. The average molecular weight is 270 g/mol. The molecule has 0 amide bonds. The first-order valence-electron chi connectivity index (χ1n) is 5.53. The maximum absolute atomic E-state index is 13.0. The average Bonchev–Trinajstić information content (AvgIpc) is 2.76. The van der Waals surface area contributed by atoms with Gasteiger partial charge in [0.15, 0.2) is 0 Å². The Balaban J connectivity index is 2.50. The number of aryl methyl sites for hydroxylation is 1. The van der Waals surface area contributed by atoms with E-state index in [2.05, 4.69) is 10.4 Å². The topological polar surface area (TPSA) is 55.9 Å². The summed E-state index contributed by atoms with van der Waals surface area (Å²) < 4.78 is 40.6. The molecule has 4 nitrogen and oxygen atoms in total. The lowest BCUT2D eigenvalue weighted by Crippen LogP contribution is -2.30. The molecule has 0 bridgehead atoms. The summed E-state index contributed by atoms with van der Waals surface area (Å²) in [6.45, 7) is 0. The fourth-order valence-electron chi connectivity index (χ4n) is 1.92. The van der Waals surface area contributed by atoms with E-state index in [0.717, 1.165) is 6.07 Å². The van der Waals surface area contributed by atoms with E-state index in [0.29, 0.717) is 5.69 Å². The first-order valence-corrected chi connectivity index (χ1v) is 5.53. The largest absolute Gasteiger partial charge is 0.416 e. The Labute approximate surface area is 108 Å². The van der Waals surface area contributed by atoms with Gasteiger partial charge in [0.25, 0.3) is 0 Å². The molecule has 0 spiro atoms. The number of benzene rings is 1. The molecule has 0 saturated carbocycles. The predicted octanol–water partition coefficient (Wildman–Crippen LogP) is 1.99. The van der Waals surface area contributed by atoms with Crippen molar-refractivity contribution in [2.75, 3.05) is 0 Å². The van der Waals surface area contributed by atoms with Gasteiger partial charge in [-0.2, -0.15) is 13.2 Å². The lowest BCUT2D eigenvalue weighted by molar-refractivity contribution is -0.138. The van der Waals surface area contributed by atoms with Crippen LogP contribution >= 0.6 is 0 Å². The number of nitrogens with one attached hydrogen (secondary N) is 1. The van der Waals surface area contributed by atoms with E-state index < -0.39 is 17.8 Å². The van der Waals surface area contributed by atoms with Gasteiger partial charge in [-0.3, -0.25) is 5.84 Å². The molecule has 2 rings (SSSR count). The fourth-order valence-corrected chi connectivity index (χ4v) is 1.92. The van der Waals surface area contributed by atoms with Crippen molar-refractivity contribution >= 4 is 0 Å². The summed E-state index contributed by atoms with van der Waals surface area (Å²) in [6.07, 6.45) is -1.30. The number of imidazole rings is 1. The maximum Gasteiger partial charge on any atom is 0.416 e. The Hall–Kier alpha value is -1.86. The van der Waals surface area contributed by atoms with Crippen LogP contribution in [0.5, 0.6) is 0 Å². The van der Waals surface area contributed by atoms with Gasteiger partial charge in [0.05, 0.1) is 23.6 Å². The van der Waals surface area contributed by atoms with E-state index in [4.69, 9.17) is 5.84 Å². The van der Waals surface area contributed by atoms with Crippen LogP contribution in [-0.4, -0.2) is 9.55 Å². The number of hydrogen-bond acceptors (Lipinski definition) is 3. The highest BCUT2D eigenvalue weighted by molar-refractivity contribution is 5.36. The molecule has 3 N–H and O–H groups in total. The van der Waals surface area contributed by atoms with E-state index in [9.17, 15) is 13.2 Å². The van der Waals surface area contributed by atoms with Gasteiger partial charge in [-0.05, 0) is 11.6 Å². The van der Waals surface area contributed by atoms with E-state index in [-0.39, 0.29) is 5.56 Å². The van der Waals surface area contributed by atoms with E-state index >= 15 is 0 Å². The Bertz CT molecular complexity index is 562. The molecular formula is C12H13F3N4. The second-order valence-corrected chi connectivity index (χ2v) is 4.15. The second-order valence-electron chi connectivity index (χ2n) is 4.15. The molecule has 1 heterocycles. The summed E-state index contributed by atoms with van der Waals surface area (Å²) >= 11 is 0. The van der Waals surface area contributed by atoms with Crippen molar-refractivity contribution in [1.29, 1.82) is 0 Å². The number of nitrogens with two attached hydrogens (primary N) is 1. The number of nitrogens with zero attached hydrogens (tertiary/aromatic N) is 2. The van der Waals surface area contributed by atoms with Crippen molar-refractivity contribution in [3.05, 3.63) is 53.6 Å². The quantitative estimate of drug-likeness (QED) is 0.662. The molecule has 1 aromatic heterocycles. The van der Waals surface area contributed by atoms with Gasteiger partial charge >= 0.3 is 6.18 Å². The van der Waals surface area contributed by atoms with Gasteiger partial charge < -0.3 is 4.57 Å². The van der Waals surface area contributed by atoms with Crippen LogP contribution in [-0.2, 0) is 13.2 Å². The Morgan fingerprint density at radius 3 is 2.53 bits per heavy atom. The van der Waals surface area contributed by atoms with Gasteiger partial charge in [0.1, 0.15) is 0 Å². The molecule has 0 fully saturated rings. The minimum absolute atomic E-state index is 0.0520. The second kappa shape index (κ2) is 5.02. The zero-order chi connectivity index (χ0) is 14.0. The number of hydrogen-bond donors (Lipinski definition) is 2. The molecule has 102 valence electrons. The molecule has 0 aliphatic heterocycles. The van der Waals surface area contributed by atoms with Gasteiger partial charge in [0, 0.05) is 13.2 Å². The minimum Gasteiger partial charge on any atom is -0.340 e. The van der Waals surface area contributed by atoms with Crippen molar-refractivity contribution in [2.24, 2.45) is 12.9 Å². The molecule has 1 atom stereocenters. The van der Waals surface area contributed by atoms with Crippen LogP contribution in [0.4, 0.5) is 13.2 Å². The SMILES string of the molecule is Cn1cnc(C(NN)c2ccccc2C(F)(F)F)c1. The summed E-state index contributed by atoms with van der Waals surface area (Å²) in [6, 6.07) is 4.50. The van der Waals surface area contributed by atoms with Crippen LogP contribution in [0.2, 0.25) is 0 Å². The summed E-state index contributed by atoms with van der Waals surface area (Å²) in [4.78, 5) is 4.04. The molecule has 19 heavy (non-hydrogen) atoms. The third-order valence-electron chi connectivity index (χ3n) is 2.76. The lowest BCUT2D eigenvalue weighted by atomic mass is 9.98. The maximum atomic E-state index is 13.0. The lowest BCUT2D eigenvalue weighted by Gasteiger charge is -2.19. The van der Waals surface area contributed by atoms with E-state index in [1.54, 1.807) is 17.8 Å². The fraction of sp³-hybridized carbons (Fsp3) is 0.250. The number of hydrazine groups is 1. The summed E-state index contributed by atoms with van der Waals surface area (Å²) in [5, 5.41) is 0. The number of alkyl halides is 3. The highest BCUT2D eigenvalue weighted by atomic mass is 19.4. The summed E-state index contributed by atoms with van der Waals surface area (Å²) in [5.74, 6) is 5.39. The molecule has 1 aromatic carbocycles. The number of aromatic nitrogens is 2. The van der Waals surface area contributed by atoms with Crippen LogP contribution in [0.25, 0.3) is 0 Å².